The lowest BCUT2D eigenvalue weighted by molar-refractivity contribution is 0.0520. The molecule has 26 heavy (non-hydrogen) atoms. The number of nitrogen functional groups attached to an aromatic ring is 1. The largest absolute Gasteiger partial charge is 0.461 e. The molecule has 3 aromatic carbocycles. The zero-order chi connectivity index (χ0) is 18.1. The molecule has 2 N–H and O–H groups in total. The van der Waals surface area contributed by atoms with Gasteiger partial charge in [-0.2, -0.15) is 0 Å². The van der Waals surface area contributed by atoms with E-state index in [2.05, 4.69) is 23.2 Å². The van der Waals surface area contributed by atoms with Crippen molar-refractivity contribution >= 4 is 33.3 Å². The van der Waals surface area contributed by atoms with Gasteiger partial charge >= 0.3 is 5.97 Å². The average molecular weight is 342 g/mol. The van der Waals surface area contributed by atoms with Crippen LogP contribution in [0.5, 0.6) is 0 Å². The van der Waals surface area contributed by atoms with Gasteiger partial charge in [-0.15, -0.1) is 0 Å². The molecule has 0 fully saturated rings. The smallest absolute Gasteiger partial charge is 0.356 e. The average Bonchev–Trinajstić information content (AvgIpc) is 2.66. The molecule has 0 saturated heterocycles. The van der Waals surface area contributed by atoms with E-state index in [0.717, 1.165) is 38.5 Å². The van der Waals surface area contributed by atoms with Gasteiger partial charge in [-0.1, -0.05) is 36.4 Å². The van der Waals surface area contributed by atoms with E-state index >= 15 is 0 Å². The quantitative estimate of drug-likeness (QED) is 0.428. The van der Waals surface area contributed by atoms with Crippen LogP contribution in [-0.4, -0.2) is 17.6 Å². The van der Waals surface area contributed by atoms with Crippen LogP contribution in [0.2, 0.25) is 0 Å². The molecule has 0 aliphatic heterocycles. The maximum atomic E-state index is 12.0. The summed E-state index contributed by atoms with van der Waals surface area (Å²) in [5.41, 5.74) is 9.93. The Morgan fingerprint density at radius 2 is 1.69 bits per heavy atom. The minimum atomic E-state index is -0.402. The van der Waals surface area contributed by atoms with Crippen molar-refractivity contribution in [1.82, 2.24) is 4.98 Å². The number of esters is 1. The Kier molecular flexibility index (Phi) is 4.01. The third-order valence-corrected chi connectivity index (χ3v) is 4.41. The van der Waals surface area contributed by atoms with E-state index in [1.807, 2.05) is 42.5 Å². The van der Waals surface area contributed by atoms with Crippen LogP contribution >= 0.6 is 0 Å². The molecule has 4 rings (SSSR count). The van der Waals surface area contributed by atoms with Crippen LogP contribution in [0, 0.1) is 0 Å². The molecule has 0 bridgehead atoms. The fourth-order valence-electron chi connectivity index (χ4n) is 3.25. The van der Waals surface area contributed by atoms with E-state index in [9.17, 15) is 4.79 Å². The minimum Gasteiger partial charge on any atom is -0.461 e. The third-order valence-electron chi connectivity index (χ3n) is 4.41. The van der Waals surface area contributed by atoms with E-state index in [0.29, 0.717) is 12.3 Å². The molecule has 4 heteroatoms. The van der Waals surface area contributed by atoms with Crippen molar-refractivity contribution in [2.75, 3.05) is 12.3 Å². The number of benzene rings is 3. The maximum Gasteiger partial charge on any atom is 0.356 e. The standard InChI is InChI=1S/C22H18N2O2/c1-2-26-22(25)21-12-11-19-18(7-4-8-20(19)24-21)17-6-3-5-14-13-15(23)9-10-16(14)17/h3-13H,2,23H2,1H3. The van der Waals surface area contributed by atoms with Gasteiger partial charge < -0.3 is 10.5 Å². The van der Waals surface area contributed by atoms with Crippen LogP contribution in [0.25, 0.3) is 32.8 Å². The van der Waals surface area contributed by atoms with E-state index in [1.54, 1.807) is 13.0 Å². The number of hydrogen-bond acceptors (Lipinski definition) is 4. The number of rotatable bonds is 3. The predicted octanol–water partition coefficient (Wildman–Crippen LogP) is 4.81. The Labute approximate surface area is 151 Å². The lowest BCUT2D eigenvalue weighted by atomic mass is 9.95. The third kappa shape index (κ3) is 2.75. The van der Waals surface area contributed by atoms with Gasteiger partial charge in [-0.3, -0.25) is 0 Å². The summed E-state index contributed by atoms with van der Waals surface area (Å²) in [6.07, 6.45) is 0. The van der Waals surface area contributed by atoms with Crippen LogP contribution in [0.3, 0.4) is 0 Å². The van der Waals surface area contributed by atoms with Crippen molar-refractivity contribution in [2.24, 2.45) is 0 Å². The van der Waals surface area contributed by atoms with Crippen LogP contribution in [-0.2, 0) is 4.74 Å². The molecule has 0 saturated carbocycles. The number of pyridine rings is 1. The highest BCUT2D eigenvalue weighted by atomic mass is 16.5. The van der Waals surface area contributed by atoms with Crippen molar-refractivity contribution in [3.63, 3.8) is 0 Å². The summed E-state index contributed by atoms with van der Waals surface area (Å²) in [5, 5.41) is 3.21. The number of carbonyl (C=O) groups excluding carboxylic acids is 1. The number of ether oxygens (including phenoxy) is 1. The number of carbonyl (C=O) groups is 1. The Hall–Kier alpha value is -3.40. The molecule has 4 aromatic rings. The Balaban J connectivity index is 1.91. The normalized spacial score (nSPS) is 11.0. The van der Waals surface area contributed by atoms with Crippen molar-refractivity contribution in [2.45, 2.75) is 6.92 Å². The zero-order valence-corrected chi connectivity index (χ0v) is 14.4. The molecule has 0 spiro atoms. The first-order valence-corrected chi connectivity index (χ1v) is 8.53. The summed E-state index contributed by atoms with van der Waals surface area (Å²) in [7, 11) is 0. The van der Waals surface area contributed by atoms with Gasteiger partial charge in [0.2, 0.25) is 0 Å². The monoisotopic (exact) mass is 342 g/mol. The van der Waals surface area contributed by atoms with Gasteiger partial charge in [0.1, 0.15) is 5.69 Å². The number of hydrogen-bond donors (Lipinski definition) is 1. The number of aromatic nitrogens is 1. The number of anilines is 1. The van der Waals surface area contributed by atoms with Crippen LogP contribution < -0.4 is 5.73 Å². The van der Waals surface area contributed by atoms with Crippen LogP contribution in [0.15, 0.2) is 66.7 Å². The highest BCUT2D eigenvalue weighted by Gasteiger charge is 2.12. The SMILES string of the molecule is CCOC(=O)c1ccc2c(-c3cccc4cc(N)ccc34)cccc2n1. The first-order chi connectivity index (χ1) is 12.7. The lowest BCUT2D eigenvalue weighted by Crippen LogP contribution is -2.06. The van der Waals surface area contributed by atoms with Crippen molar-refractivity contribution in [1.29, 1.82) is 0 Å². The van der Waals surface area contributed by atoms with Crippen LogP contribution in [0.1, 0.15) is 17.4 Å². The van der Waals surface area contributed by atoms with Gasteiger partial charge in [0, 0.05) is 11.1 Å². The van der Waals surface area contributed by atoms with Crippen molar-refractivity contribution < 1.29 is 9.53 Å². The molecule has 0 radical (unpaired) electrons. The van der Waals surface area contributed by atoms with Crippen LogP contribution in [0.4, 0.5) is 5.69 Å². The fourth-order valence-corrected chi connectivity index (χ4v) is 3.25. The van der Waals surface area contributed by atoms with E-state index in [1.165, 1.54) is 0 Å². The van der Waals surface area contributed by atoms with E-state index in [-0.39, 0.29) is 0 Å². The van der Waals surface area contributed by atoms with E-state index < -0.39 is 5.97 Å². The van der Waals surface area contributed by atoms with Gasteiger partial charge in [0.15, 0.2) is 0 Å². The highest BCUT2D eigenvalue weighted by molar-refractivity contribution is 6.05. The second-order valence-corrected chi connectivity index (χ2v) is 6.08. The molecule has 0 aliphatic rings. The van der Waals surface area contributed by atoms with Gasteiger partial charge in [-0.25, -0.2) is 9.78 Å². The molecule has 1 aromatic heterocycles. The lowest BCUT2D eigenvalue weighted by Gasteiger charge is -2.11. The van der Waals surface area contributed by atoms with E-state index in [4.69, 9.17) is 10.5 Å². The Morgan fingerprint density at radius 1 is 0.962 bits per heavy atom. The zero-order valence-electron chi connectivity index (χ0n) is 14.4. The molecule has 0 aliphatic carbocycles. The number of fused-ring (bicyclic) bond motifs is 2. The molecule has 4 nitrogen and oxygen atoms in total. The predicted molar refractivity (Wildman–Crippen MR) is 105 cm³/mol. The first-order valence-electron chi connectivity index (χ1n) is 8.53. The van der Waals surface area contributed by atoms with Gasteiger partial charge in [0.05, 0.1) is 12.1 Å². The summed E-state index contributed by atoms with van der Waals surface area (Å²) in [5.74, 6) is -0.402. The van der Waals surface area contributed by atoms with Gasteiger partial charge in [0.25, 0.3) is 0 Å². The second-order valence-electron chi connectivity index (χ2n) is 6.08. The minimum absolute atomic E-state index is 0.321. The molecule has 128 valence electrons. The van der Waals surface area contributed by atoms with Crippen molar-refractivity contribution in [3.8, 4) is 11.1 Å². The topological polar surface area (TPSA) is 65.2 Å². The fraction of sp³-hybridized carbons (Fsp3) is 0.0909. The number of nitrogens with two attached hydrogens (primary N) is 1. The Bertz CT molecular complexity index is 1140. The number of nitrogens with zero attached hydrogens (tertiary/aromatic N) is 1. The molecule has 1 heterocycles. The summed E-state index contributed by atoms with van der Waals surface area (Å²) < 4.78 is 5.05. The second kappa shape index (κ2) is 6.48. The maximum absolute atomic E-state index is 12.0. The van der Waals surface area contributed by atoms with Crippen molar-refractivity contribution in [3.05, 3.63) is 72.4 Å². The summed E-state index contributed by atoms with van der Waals surface area (Å²) >= 11 is 0. The molecular weight excluding hydrogens is 324 g/mol. The molecular formula is C22H18N2O2. The first kappa shape index (κ1) is 16.1. The molecule has 0 unspecified atom stereocenters. The summed E-state index contributed by atoms with van der Waals surface area (Å²) in [6, 6.07) is 21.7. The summed E-state index contributed by atoms with van der Waals surface area (Å²) in [6.45, 7) is 2.11. The molecule has 0 amide bonds. The van der Waals surface area contributed by atoms with Gasteiger partial charge in [-0.05, 0) is 59.2 Å². The summed E-state index contributed by atoms with van der Waals surface area (Å²) in [4.78, 5) is 16.4. The highest BCUT2D eigenvalue weighted by Crippen LogP contribution is 2.34. The molecule has 0 atom stereocenters. The Morgan fingerprint density at radius 3 is 2.50 bits per heavy atom.